The van der Waals surface area contributed by atoms with Crippen molar-refractivity contribution in [2.45, 2.75) is 35.9 Å². The first-order chi connectivity index (χ1) is 22.4. The third-order valence-electron chi connectivity index (χ3n) is 7.11. The van der Waals surface area contributed by atoms with E-state index in [1.165, 1.54) is 35.1 Å². The second-order valence-corrected chi connectivity index (χ2v) is 12.7. The van der Waals surface area contributed by atoms with Gasteiger partial charge in [-0.1, -0.05) is 85.0 Å². The number of carbonyl (C=O) groups is 2. The molecule has 9 nitrogen and oxygen atoms in total. The number of aliphatic hydroxyl groups is 1. The zero-order chi connectivity index (χ0) is 32.6. The number of amides is 1. The summed E-state index contributed by atoms with van der Waals surface area (Å²) in [5.74, 6) is 0.000864. The average Bonchev–Trinajstić information content (AvgIpc) is 3.65. The number of ketones is 1. The number of unbranched alkanes of at least 4 members (excludes halogenated alkanes) is 1. The Labute approximate surface area is 280 Å². The number of Topliss-reactive ketones (excluding diaryl/α,β-unsaturated/α-hetero) is 1. The summed E-state index contributed by atoms with van der Waals surface area (Å²) in [5, 5.41) is 21.0. The zero-order valence-corrected chi connectivity index (χ0v) is 27.7. The van der Waals surface area contributed by atoms with Crippen molar-refractivity contribution in [3.63, 3.8) is 0 Å². The van der Waals surface area contributed by atoms with Gasteiger partial charge in [0.15, 0.2) is 15.8 Å². The van der Waals surface area contributed by atoms with E-state index in [0.29, 0.717) is 50.1 Å². The summed E-state index contributed by atoms with van der Waals surface area (Å²) in [6, 6.07) is 18.3. The molecular formula is C34H32ClN3O6S2. The molecule has 5 rings (SSSR count). The minimum atomic E-state index is -1.03. The minimum absolute atomic E-state index is 0.0908. The van der Waals surface area contributed by atoms with Crippen LogP contribution in [-0.4, -0.2) is 47.3 Å². The summed E-state index contributed by atoms with van der Waals surface area (Å²) in [6.45, 7) is 6.59. The Bertz CT molecular complexity index is 1760. The predicted molar refractivity (Wildman–Crippen MR) is 181 cm³/mol. The molecule has 3 aromatic carbocycles. The number of anilines is 1. The van der Waals surface area contributed by atoms with E-state index in [0.717, 1.165) is 18.4 Å². The van der Waals surface area contributed by atoms with E-state index in [1.54, 1.807) is 48.5 Å². The molecule has 1 atom stereocenters. The number of rotatable bonds is 14. The van der Waals surface area contributed by atoms with Gasteiger partial charge in [-0.2, -0.15) is 0 Å². The molecule has 2 heterocycles. The van der Waals surface area contributed by atoms with Crippen LogP contribution in [0.1, 0.15) is 42.5 Å². The molecule has 1 aliphatic rings. The summed E-state index contributed by atoms with van der Waals surface area (Å²) >= 11 is 8.90. The van der Waals surface area contributed by atoms with Crippen molar-refractivity contribution in [3.8, 4) is 17.2 Å². The first kappa shape index (κ1) is 33.1. The fourth-order valence-electron chi connectivity index (χ4n) is 4.78. The quantitative estimate of drug-likeness (QED) is 0.0271. The van der Waals surface area contributed by atoms with E-state index in [2.05, 4.69) is 23.7 Å². The van der Waals surface area contributed by atoms with Gasteiger partial charge in [-0.3, -0.25) is 14.5 Å². The number of aliphatic hydroxyl groups excluding tert-OH is 1. The number of hydrogen-bond acceptors (Lipinski definition) is 10. The van der Waals surface area contributed by atoms with Crippen molar-refractivity contribution in [2.75, 3.05) is 25.2 Å². The van der Waals surface area contributed by atoms with Crippen molar-refractivity contribution in [3.05, 3.63) is 107 Å². The molecule has 1 N–H and O–H groups in total. The maximum absolute atomic E-state index is 13.7. The lowest BCUT2D eigenvalue weighted by molar-refractivity contribution is -0.132. The molecular weight excluding hydrogens is 646 g/mol. The van der Waals surface area contributed by atoms with Gasteiger partial charge in [-0.15, -0.1) is 10.2 Å². The fraction of sp³-hybridized carbons (Fsp3) is 0.235. The monoisotopic (exact) mass is 677 g/mol. The molecule has 46 heavy (non-hydrogen) atoms. The van der Waals surface area contributed by atoms with Crippen LogP contribution >= 0.6 is 34.7 Å². The molecule has 0 aliphatic carbocycles. The number of carbonyl (C=O) groups excluding carboxylic acids is 2. The summed E-state index contributed by atoms with van der Waals surface area (Å²) in [5.41, 5.74) is 1.70. The number of methoxy groups -OCH3 is 1. The number of thioether (sulfide) groups is 1. The van der Waals surface area contributed by atoms with Gasteiger partial charge in [0.25, 0.3) is 5.78 Å². The molecule has 1 saturated heterocycles. The molecule has 0 saturated carbocycles. The second-order valence-electron chi connectivity index (χ2n) is 10.1. The molecule has 1 unspecified atom stereocenters. The normalized spacial score (nSPS) is 15.6. The Kier molecular flexibility index (Phi) is 11.0. The number of aromatic nitrogens is 2. The number of benzene rings is 3. The Morgan fingerprint density at radius 3 is 2.59 bits per heavy atom. The Balaban J connectivity index is 1.54. The fourth-order valence-corrected chi connectivity index (χ4v) is 6.93. The summed E-state index contributed by atoms with van der Waals surface area (Å²) < 4.78 is 17.6. The molecule has 4 aromatic rings. The van der Waals surface area contributed by atoms with Crippen molar-refractivity contribution < 1.29 is 28.9 Å². The third kappa shape index (κ3) is 7.22. The summed E-state index contributed by atoms with van der Waals surface area (Å²) in [4.78, 5) is 28.6. The standard InChI is InChI=1S/C34H32ClN3O6S2/c1-4-6-18-43-24-14-11-21(12-15-24)30(39)28-29(22-13-16-26(44-17-5-2)27(19-22)42-3)38(32(41)31(28)40)33-36-37-34(46-33)45-20-23-9-7-8-10-25(23)35/h5,7-16,19,29,39H,2,4,6,17-18,20H2,1,3H3. The van der Waals surface area contributed by atoms with Crippen molar-refractivity contribution in [1.29, 1.82) is 0 Å². The molecule has 238 valence electrons. The molecule has 12 heteroatoms. The molecule has 1 amide bonds. The van der Waals surface area contributed by atoms with Crippen LogP contribution in [0.25, 0.3) is 5.76 Å². The highest BCUT2D eigenvalue weighted by atomic mass is 35.5. The zero-order valence-electron chi connectivity index (χ0n) is 25.3. The van der Waals surface area contributed by atoms with Gasteiger partial charge in [0, 0.05) is 16.3 Å². The van der Waals surface area contributed by atoms with Crippen LogP contribution in [0.3, 0.4) is 0 Å². The number of halogens is 1. The molecule has 1 aliphatic heterocycles. The van der Waals surface area contributed by atoms with E-state index in [1.807, 2.05) is 24.3 Å². The first-order valence-corrected chi connectivity index (χ1v) is 16.7. The van der Waals surface area contributed by atoms with Gasteiger partial charge >= 0.3 is 5.91 Å². The Hall–Kier alpha value is -4.32. The van der Waals surface area contributed by atoms with Gasteiger partial charge in [0.05, 0.1) is 25.3 Å². The van der Waals surface area contributed by atoms with Crippen molar-refractivity contribution >= 4 is 57.3 Å². The van der Waals surface area contributed by atoms with Crippen LogP contribution in [0.15, 0.2) is 89.3 Å². The average molecular weight is 678 g/mol. The highest BCUT2D eigenvalue weighted by Gasteiger charge is 2.48. The van der Waals surface area contributed by atoms with E-state index in [9.17, 15) is 14.7 Å². The highest BCUT2D eigenvalue weighted by molar-refractivity contribution is 8.00. The van der Waals surface area contributed by atoms with E-state index in [4.69, 9.17) is 25.8 Å². The maximum Gasteiger partial charge on any atom is 0.301 e. The van der Waals surface area contributed by atoms with E-state index < -0.39 is 17.7 Å². The third-order valence-corrected chi connectivity index (χ3v) is 9.58. The van der Waals surface area contributed by atoms with Gasteiger partial charge in [-0.25, -0.2) is 0 Å². The highest BCUT2D eigenvalue weighted by Crippen LogP contribution is 2.46. The second kappa shape index (κ2) is 15.3. The lowest BCUT2D eigenvalue weighted by Crippen LogP contribution is -2.29. The van der Waals surface area contributed by atoms with E-state index >= 15 is 0 Å². The van der Waals surface area contributed by atoms with Gasteiger partial charge in [0.2, 0.25) is 5.13 Å². The van der Waals surface area contributed by atoms with Crippen LogP contribution in [0.4, 0.5) is 5.13 Å². The Morgan fingerprint density at radius 1 is 1.09 bits per heavy atom. The van der Waals surface area contributed by atoms with Crippen LogP contribution in [-0.2, 0) is 15.3 Å². The lowest BCUT2D eigenvalue weighted by atomic mass is 9.95. The van der Waals surface area contributed by atoms with Gasteiger partial charge in [-0.05, 0) is 60.0 Å². The lowest BCUT2D eigenvalue weighted by Gasteiger charge is -2.23. The summed E-state index contributed by atoms with van der Waals surface area (Å²) in [6.07, 6.45) is 3.53. The number of ether oxygens (including phenoxy) is 3. The Morgan fingerprint density at radius 2 is 1.87 bits per heavy atom. The van der Waals surface area contributed by atoms with Crippen LogP contribution in [0, 0.1) is 0 Å². The topological polar surface area (TPSA) is 111 Å². The van der Waals surface area contributed by atoms with Crippen molar-refractivity contribution in [1.82, 2.24) is 10.2 Å². The van der Waals surface area contributed by atoms with Crippen LogP contribution < -0.4 is 19.1 Å². The van der Waals surface area contributed by atoms with Crippen molar-refractivity contribution in [2.24, 2.45) is 0 Å². The van der Waals surface area contributed by atoms with E-state index in [-0.39, 0.29) is 23.1 Å². The molecule has 1 aromatic heterocycles. The molecule has 0 radical (unpaired) electrons. The van der Waals surface area contributed by atoms with Crippen LogP contribution in [0.5, 0.6) is 17.2 Å². The molecule has 0 bridgehead atoms. The van der Waals surface area contributed by atoms with Gasteiger partial charge in [0.1, 0.15) is 18.1 Å². The number of nitrogens with zero attached hydrogens (tertiary/aromatic N) is 3. The van der Waals surface area contributed by atoms with Crippen LogP contribution in [0.2, 0.25) is 5.02 Å². The number of hydrogen-bond donors (Lipinski definition) is 1. The first-order valence-electron chi connectivity index (χ1n) is 14.5. The molecule has 1 fully saturated rings. The SMILES string of the molecule is C=CCOc1ccc(C2C(=C(O)c3ccc(OCCCC)cc3)C(=O)C(=O)N2c2nnc(SCc3ccccc3Cl)s2)cc1OC. The summed E-state index contributed by atoms with van der Waals surface area (Å²) in [7, 11) is 1.49. The maximum atomic E-state index is 13.7. The largest absolute Gasteiger partial charge is 0.507 e. The smallest absolute Gasteiger partial charge is 0.301 e. The molecule has 0 spiro atoms. The van der Waals surface area contributed by atoms with Gasteiger partial charge < -0.3 is 19.3 Å². The minimum Gasteiger partial charge on any atom is -0.507 e. The predicted octanol–water partition coefficient (Wildman–Crippen LogP) is 7.86.